The fourth-order valence-electron chi connectivity index (χ4n) is 0.665. The summed E-state index contributed by atoms with van der Waals surface area (Å²) >= 11 is 0. The predicted molar refractivity (Wildman–Crippen MR) is 50.3 cm³/mol. The summed E-state index contributed by atoms with van der Waals surface area (Å²) in [6.07, 6.45) is 2.26. The molecule has 1 aromatic heterocycles. The van der Waals surface area contributed by atoms with Gasteiger partial charge in [-0.05, 0) is 25.1 Å². The maximum atomic E-state index is 12.7. The first kappa shape index (κ1) is 11.8. The molecule has 0 aliphatic carbocycles. The molecule has 1 nitrogen and oxygen atoms in total. The van der Waals surface area contributed by atoms with Crippen molar-refractivity contribution in [1.82, 2.24) is 4.98 Å². The fraction of sp³-hybridized carbons (Fsp3) is 0.300. The summed E-state index contributed by atoms with van der Waals surface area (Å²) in [4.78, 5) is 3.53. The summed E-state index contributed by atoms with van der Waals surface area (Å²) in [5.41, 5.74) is 0.161. The predicted octanol–water partition coefficient (Wildman–Crippen LogP) is 3.58. The minimum absolute atomic E-state index is 0.161. The molecule has 0 aromatic carbocycles. The van der Waals surface area contributed by atoms with E-state index >= 15 is 0 Å². The van der Waals surface area contributed by atoms with Gasteiger partial charge in [0.15, 0.2) is 0 Å². The Morgan fingerprint density at radius 3 is 2.38 bits per heavy atom. The Bertz CT molecular complexity index is 265. The minimum atomic E-state index is -0.461. The molecular weight excluding hydrogens is 172 g/mol. The van der Waals surface area contributed by atoms with Crippen molar-refractivity contribution in [3.63, 3.8) is 0 Å². The van der Waals surface area contributed by atoms with E-state index in [-0.39, 0.29) is 5.69 Å². The zero-order chi connectivity index (χ0) is 10.3. The summed E-state index contributed by atoms with van der Waals surface area (Å²) in [6, 6.07) is 2.47. The molecule has 0 radical (unpaired) electrons. The molecule has 1 aromatic rings. The SMILES string of the molecule is C/C=C(\F)c1ccc(F)cn1.CC. The molecular formula is C10H13F2N. The van der Waals surface area contributed by atoms with E-state index in [4.69, 9.17) is 0 Å². The molecule has 0 aliphatic heterocycles. The molecule has 0 aliphatic rings. The van der Waals surface area contributed by atoms with Crippen molar-refractivity contribution in [2.75, 3.05) is 0 Å². The number of hydrogen-bond acceptors (Lipinski definition) is 1. The van der Waals surface area contributed by atoms with Crippen LogP contribution in [0.15, 0.2) is 24.4 Å². The van der Waals surface area contributed by atoms with Crippen LogP contribution in [-0.4, -0.2) is 4.98 Å². The first-order chi connectivity index (χ1) is 6.24. The zero-order valence-corrected chi connectivity index (χ0v) is 8.01. The van der Waals surface area contributed by atoms with Crippen LogP contribution in [-0.2, 0) is 0 Å². The van der Waals surface area contributed by atoms with Gasteiger partial charge in [0, 0.05) is 0 Å². The molecule has 0 amide bonds. The first-order valence-corrected chi connectivity index (χ1v) is 4.18. The van der Waals surface area contributed by atoms with E-state index in [0.717, 1.165) is 6.20 Å². The number of rotatable bonds is 1. The van der Waals surface area contributed by atoms with Crippen LogP contribution in [0.2, 0.25) is 0 Å². The van der Waals surface area contributed by atoms with Gasteiger partial charge in [-0.3, -0.25) is 4.98 Å². The molecule has 1 heterocycles. The second-order valence-electron chi connectivity index (χ2n) is 2.00. The van der Waals surface area contributed by atoms with E-state index in [1.807, 2.05) is 13.8 Å². The number of pyridine rings is 1. The second-order valence-corrected chi connectivity index (χ2v) is 2.00. The normalized spacial score (nSPS) is 10.4. The van der Waals surface area contributed by atoms with E-state index in [1.165, 1.54) is 18.2 Å². The second kappa shape index (κ2) is 6.29. The summed E-state index contributed by atoms with van der Waals surface area (Å²) in [5, 5.41) is 0. The maximum absolute atomic E-state index is 12.7. The Morgan fingerprint density at radius 2 is 2.00 bits per heavy atom. The average Bonchev–Trinajstić information content (AvgIpc) is 2.21. The molecule has 1 rings (SSSR count). The lowest BCUT2D eigenvalue weighted by Gasteiger charge is -1.93. The van der Waals surface area contributed by atoms with Gasteiger partial charge in [-0.1, -0.05) is 13.8 Å². The van der Waals surface area contributed by atoms with E-state index in [1.54, 1.807) is 6.92 Å². The summed E-state index contributed by atoms with van der Waals surface area (Å²) in [5.74, 6) is -0.900. The summed E-state index contributed by atoms with van der Waals surface area (Å²) in [7, 11) is 0. The van der Waals surface area contributed by atoms with Gasteiger partial charge in [0.1, 0.15) is 11.6 Å². The van der Waals surface area contributed by atoms with Crippen molar-refractivity contribution in [2.24, 2.45) is 0 Å². The van der Waals surface area contributed by atoms with E-state index < -0.39 is 11.6 Å². The lowest BCUT2D eigenvalue weighted by atomic mass is 10.3. The largest absolute Gasteiger partial charge is 0.251 e. The van der Waals surface area contributed by atoms with Crippen molar-refractivity contribution in [2.45, 2.75) is 20.8 Å². The molecule has 0 atom stereocenters. The van der Waals surface area contributed by atoms with Crippen LogP contribution in [0.5, 0.6) is 0 Å². The van der Waals surface area contributed by atoms with Crippen molar-refractivity contribution < 1.29 is 8.78 Å². The highest BCUT2D eigenvalue weighted by Gasteiger charge is 1.98. The third kappa shape index (κ3) is 3.78. The van der Waals surface area contributed by atoms with E-state index in [9.17, 15) is 8.78 Å². The highest BCUT2D eigenvalue weighted by molar-refractivity contribution is 5.54. The van der Waals surface area contributed by atoms with Gasteiger partial charge >= 0.3 is 0 Å². The third-order valence-electron chi connectivity index (χ3n) is 1.23. The molecule has 72 valence electrons. The smallest absolute Gasteiger partial charge is 0.144 e. The van der Waals surface area contributed by atoms with Crippen molar-refractivity contribution >= 4 is 5.83 Å². The maximum Gasteiger partial charge on any atom is 0.144 e. The Labute approximate surface area is 77.1 Å². The number of aromatic nitrogens is 1. The number of hydrogen-bond donors (Lipinski definition) is 0. The van der Waals surface area contributed by atoms with Gasteiger partial charge in [-0.25, -0.2) is 8.78 Å². The van der Waals surface area contributed by atoms with Gasteiger partial charge in [0.2, 0.25) is 0 Å². The zero-order valence-electron chi connectivity index (χ0n) is 8.01. The number of allylic oxidation sites excluding steroid dienone is 1. The monoisotopic (exact) mass is 185 g/mol. The van der Waals surface area contributed by atoms with Gasteiger partial charge in [0.25, 0.3) is 0 Å². The lowest BCUT2D eigenvalue weighted by Crippen LogP contribution is -1.84. The molecule has 0 N–H and O–H groups in total. The highest BCUT2D eigenvalue weighted by Crippen LogP contribution is 2.11. The van der Waals surface area contributed by atoms with Crippen LogP contribution in [0.1, 0.15) is 26.5 Å². The Morgan fingerprint density at radius 1 is 1.38 bits per heavy atom. The first-order valence-electron chi connectivity index (χ1n) is 4.18. The fourth-order valence-corrected chi connectivity index (χ4v) is 0.665. The highest BCUT2D eigenvalue weighted by atomic mass is 19.1. The molecule has 0 spiro atoms. The Balaban J connectivity index is 0.000000671. The van der Waals surface area contributed by atoms with Crippen molar-refractivity contribution in [3.8, 4) is 0 Å². The Hall–Kier alpha value is -1.25. The van der Waals surface area contributed by atoms with E-state index in [2.05, 4.69) is 4.98 Å². The van der Waals surface area contributed by atoms with Crippen molar-refractivity contribution in [3.05, 3.63) is 35.9 Å². The molecule has 0 unspecified atom stereocenters. The van der Waals surface area contributed by atoms with Gasteiger partial charge < -0.3 is 0 Å². The van der Waals surface area contributed by atoms with Crippen LogP contribution in [0.25, 0.3) is 5.83 Å². The van der Waals surface area contributed by atoms with Crippen LogP contribution in [0.3, 0.4) is 0 Å². The molecule has 0 saturated carbocycles. The molecule has 3 heteroatoms. The Kier molecular flexibility index (Phi) is 5.68. The number of halogens is 2. The van der Waals surface area contributed by atoms with Crippen LogP contribution in [0.4, 0.5) is 8.78 Å². The van der Waals surface area contributed by atoms with Crippen molar-refractivity contribution in [1.29, 1.82) is 0 Å². The number of nitrogens with zero attached hydrogens (tertiary/aromatic N) is 1. The van der Waals surface area contributed by atoms with Gasteiger partial charge in [-0.2, -0.15) is 0 Å². The molecule has 13 heavy (non-hydrogen) atoms. The van der Waals surface area contributed by atoms with Gasteiger partial charge in [-0.15, -0.1) is 0 Å². The van der Waals surface area contributed by atoms with Crippen LogP contribution >= 0.6 is 0 Å². The average molecular weight is 185 g/mol. The van der Waals surface area contributed by atoms with Crippen LogP contribution in [0, 0.1) is 5.82 Å². The topological polar surface area (TPSA) is 12.9 Å². The lowest BCUT2D eigenvalue weighted by molar-refractivity contribution is 0.619. The quantitative estimate of drug-likeness (QED) is 0.651. The molecule has 0 saturated heterocycles. The summed E-state index contributed by atoms with van der Waals surface area (Å²) < 4.78 is 24.9. The molecule has 0 bridgehead atoms. The third-order valence-corrected chi connectivity index (χ3v) is 1.23. The van der Waals surface area contributed by atoms with Crippen LogP contribution < -0.4 is 0 Å². The standard InChI is InChI=1S/C8H7F2N.C2H6/c1-2-7(10)8-4-3-6(9)5-11-8;1-2/h2-5H,1H3;1-2H3/b7-2-;. The van der Waals surface area contributed by atoms with E-state index in [0.29, 0.717) is 0 Å². The van der Waals surface area contributed by atoms with Gasteiger partial charge in [0.05, 0.1) is 11.9 Å². The summed E-state index contributed by atoms with van der Waals surface area (Å²) in [6.45, 7) is 5.56. The molecule has 0 fully saturated rings. The minimum Gasteiger partial charge on any atom is -0.251 e.